The second kappa shape index (κ2) is 5.83. The molecule has 0 saturated carbocycles. The minimum absolute atomic E-state index is 0.0110. The van der Waals surface area contributed by atoms with Crippen molar-refractivity contribution in [2.75, 3.05) is 6.54 Å². The van der Waals surface area contributed by atoms with E-state index in [9.17, 15) is 4.79 Å². The summed E-state index contributed by atoms with van der Waals surface area (Å²) in [5, 5.41) is 2.90. The summed E-state index contributed by atoms with van der Waals surface area (Å²) in [4.78, 5) is 11.9. The van der Waals surface area contributed by atoms with Crippen LogP contribution in [0.3, 0.4) is 0 Å². The molecule has 1 heterocycles. The number of hydrogen-bond acceptors (Lipinski definition) is 3. The average molecular weight is 274 g/mol. The first-order valence-electron chi connectivity index (χ1n) is 7.57. The molecule has 20 heavy (non-hydrogen) atoms. The zero-order valence-electron chi connectivity index (χ0n) is 11.7. The molecular weight excluding hydrogens is 252 g/mol. The molecule has 3 N–H and O–H groups in total. The van der Waals surface area contributed by atoms with Gasteiger partial charge >= 0.3 is 0 Å². The average Bonchev–Trinajstić information content (AvgIpc) is 2.64. The van der Waals surface area contributed by atoms with Crippen LogP contribution in [0.5, 0.6) is 5.75 Å². The van der Waals surface area contributed by atoms with Gasteiger partial charge in [0.2, 0.25) is 0 Å². The summed E-state index contributed by atoms with van der Waals surface area (Å²) >= 11 is 0. The summed E-state index contributed by atoms with van der Waals surface area (Å²) in [5.74, 6) is 0.803. The van der Waals surface area contributed by atoms with Gasteiger partial charge in [-0.1, -0.05) is 6.07 Å². The maximum Gasteiger partial charge on any atom is 0.261 e. The van der Waals surface area contributed by atoms with Gasteiger partial charge in [0, 0.05) is 12.6 Å². The van der Waals surface area contributed by atoms with Crippen LogP contribution in [0.25, 0.3) is 0 Å². The summed E-state index contributed by atoms with van der Waals surface area (Å²) in [6.07, 6.45) is 5.73. The molecule has 1 fully saturated rings. The predicted octanol–water partition coefficient (Wildman–Crippen LogP) is 2.07. The first kappa shape index (κ1) is 13.4. The molecule has 4 heteroatoms. The van der Waals surface area contributed by atoms with Crippen LogP contribution in [0.1, 0.15) is 49.3 Å². The van der Waals surface area contributed by atoms with E-state index < -0.39 is 0 Å². The van der Waals surface area contributed by atoms with Crippen LogP contribution in [-0.2, 0) is 11.2 Å². The molecule has 1 amide bonds. The van der Waals surface area contributed by atoms with Crippen molar-refractivity contribution in [3.63, 3.8) is 0 Å². The minimum atomic E-state index is -0.354. The number of rotatable bonds is 2. The van der Waals surface area contributed by atoms with E-state index in [4.69, 9.17) is 10.5 Å². The molecule has 108 valence electrons. The number of carbonyl (C=O) groups is 1. The lowest BCUT2D eigenvalue weighted by molar-refractivity contribution is -0.127. The molecular formula is C16H22N2O2. The van der Waals surface area contributed by atoms with Crippen molar-refractivity contribution < 1.29 is 9.53 Å². The SMILES string of the molecule is NC1CCCc2cc(OC3CCCCNC3=O)ccc21. The highest BCUT2D eigenvalue weighted by atomic mass is 16.5. The number of fused-ring (bicyclic) bond motifs is 1. The highest BCUT2D eigenvalue weighted by molar-refractivity contribution is 5.81. The summed E-state index contributed by atoms with van der Waals surface area (Å²) in [6.45, 7) is 0.762. The Labute approximate surface area is 119 Å². The van der Waals surface area contributed by atoms with Crippen LogP contribution >= 0.6 is 0 Å². The lowest BCUT2D eigenvalue weighted by Crippen LogP contribution is -2.36. The third-order valence-corrected chi connectivity index (χ3v) is 4.24. The molecule has 1 saturated heterocycles. The predicted molar refractivity (Wildman–Crippen MR) is 77.6 cm³/mol. The van der Waals surface area contributed by atoms with Gasteiger partial charge in [0.15, 0.2) is 6.10 Å². The number of hydrogen-bond donors (Lipinski definition) is 2. The van der Waals surface area contributed by atoms with Crippen molar-refractivity contribution in [3.05, 3.63) is 29.3 Å². The number of amides is 1. The van der Waals surface area contributed by atoms with Gasteiger partial charge in [-0.05, 0) is 61.8 Å². The van der Waals surface area contributed by atoms with E-state index in [-0.39, 0.29) is 18.1 Å². The Morgan fingerprint density at radius 2 is 2.10 bits per heavy atom. The van der Waals surface area contributed by atoms with Crippen molar-refractivity contribution in [1.29, 1.82) is 0 Å². The molecule has 2 aliphatic rings. The standard InChI is InChI=1S/C16H22N2O2/c17-14-5-3-4-11-10-12(7-8-13(11)14)20-15-6-1-2-9-18-16(15)19/h7-8,10,14-15H,1-6,9,17H2,(H,18,19). The molecule has 1 aliphatic carbocycles. The maximum absolute atomic E-state index is 11.9. The summed E-state index contributed by atoms with van der Waals surface area (Å²) in [7, 11) is 0. The molecule has 2 atom stereocenters. The van der Waals surface area contributed by atoms with E-state index in [2.05, 4.69) is 17.4 Å². The topological polar surface area (TPSA) is 64.3 Å². The number of carbonyl (C=O) groups excluding carboxylic acids is 1. The van der Waals surface area contributed by atoms with Crippen molar-refractivity contribution in [2.24, 2.45) is 5.73 Å². The van der Waals surface area contributed by atoms with Gasteiger partial charge in [0.25, 0.3) is 5.91 Å². The third kappa shape index (κ3) is 2.80. The zero-order valence-corrected chi connectivity index (χ0v) is 11.7. The smallest absolute Gasteiger partial charge is 0.261 e. The summed E-state index contributed by atoms with van der Waals surface area (Å²) in [5.41, 5.74) is 8.62. The van der Waals surface area contributed by atoms with Crippen LogP contribution in [0.15, 0.2) is 18.2 Å². The number of nitrogens with two attached hydrogens (primary N) is 1. The normalized spacial score (nSPS) is 26.4. The Kier molecular flexibility index (Phi) is 3.92. The monoisotopic (exact) mass is 274 g/mol. The number of nitrogens with one attached hydrogen (secondary N) is 1. The third-order valence-electron chi connectivity index (χ3n) is 4.24. The van der Waals surface area contributed by atoms with Crippen LogP contribution in [0.4, 0.5) is 0 Å². The molecule has 0 bridgehead atoms. The summed E-state index contributed by atoms with van der Waals surface area (Å²) in [6, 6.07) is 6.21. The first-order valence-corrected chi connectivity index (χ1v) is 7.57. The van der Waals surface area contributed by atoms with Gasteiger partial charge in [0.1, 0.15) is 5.75 Å². The molecule has 2 unspecified atom stereocenters. The second-order valence-corrected chi connectivity index (χ2v) is 5.75. The molecule has 3 rings (SSSR count). The maximum atomic E-state index is 11.9. The van der Waals surface area contributed by atoms with E-state index in [0.717, 1.165) is 50.8 Å². The first-order chi connectivity index (χ1) is 9.74. The second-order valence-electron chi connectivity index (χ2n) is 5.75. The fraction of sp³-hybridized carbons (Fsp3) is 0.562. The van der Waals surface area contributed by atoms with Crippen LogP contribution in [0.2, 0.25) is 0 Å². The molecule has 0 spiro atoms. The van der Waals surface area contributed by atoms with E-state index in [1.54, 1.807) is 0 Å². The Balaban J connectivity index is 1.75. The molecule has 0 radical (unpaired) electrons. The van der Waals surface area contributed by atoms with E-state index in [0.29, 0.717) is 0 Å². The van der Waals surface area contributed by atoms with Crippen LogP contribution in [-0.4, -0.2) is 18.6 Å². The highest BCUT2D eigenvalue weighted by Gasteiger charge is 2.23. The molecule has 1 aromatic rings. The van der Waals surface area contributed by atoms with Crippen molar-refractivity contribution in [1.82, 2.24) is 5.32 Å². The molecule has 0 aromatic heterocycles. The van der Waals surface area contributed by atoms with Gasteiger partial charge in [-0.3, -0.25) is 4.79 Å². The van der Waals surface area contributed by atoms with Gasteiger partial charge in [-0.15, -0.1) is 0 Å². The van der Waals surface area contributed by atoms with Gasteiger partial charge < -0.3 is 15.8 Å². The Morgan fingerprint density at radius 1 is 1.20 bits per heavy atom. The fourth-order valence-corrected chi connectivity index (χ4v) is 3.09. The molecule has 1 aliphatic heterocycles. The van der Waals surface area contributed by atoms with E-state index in [1.807, 2.05) is 6.07 Å². The van der Waals surface area contributed by atoms with Crippen molar-refractivity contribution >= 4 is 5.91 Å². The van der Waals surface area contributed by atoms with E-state index >= 15 is 0 Å². The van der Waals surface area contributed by atoms with E-state index in [1.165, 1.54) is 11.1 Å². The lowest BCUT2D eigenvalue weighted by Gasteiger charge is -2.23. The highest BCUT2D eigenvalue weighted by Crippen LogP contribution is 2.31. The number of ether oxygens (including phenoxy) is 1. The minimum Gasteiger partial charge on any atom is -0.481 e. The van der Waals surface area contributed by atoms with Crippen molar-refractivity contribution in [3.8, 4) is 5.75 Å². The van der Waals surface area contributed by atoms with Gasteiger partial charge in [-0.25, -0.2) is 0 Å². The largest absolute Gasteiger partial charge is 0.481 e. The Bertz CT molecular complexity index is 501. The Hall–Kier alpha value is -1.55. The quantitative estimate of drug-likeness (QED) is 0.867. The lowest BCUT2D eigenvalue weighted by atomic mass is 9.88. The zero-order chi connectivity index (χ0) is 13.9. The molecule has 4 nitrogen and oxygen atoms in total. The molecule has 1 aromatic carbocycles. The Morgan fingerprint density at radius 3 is 3.00 bits per heavy atom. The number of benzene rings is 1. The number of aryl methyl sites for hydroxylation is 1. The fourth-order valence-electron chi connectivity index (χ4n) is 3.09. The van der Waals surface area contributed by atoms with Crippen molar-refractivity contribution in [2.45, 2.75) is 50.7 Å². The van der Waals surface area contributed by atoms with Crippen LogP contribution in [0, 0.1) is 0 Å². The van der Waals surface area contributed by atoms with Crippen LogP contribution < -0.4 is 15.8 Å². The summed E-state index contributed by atoms with van der Waals surface area (Å²) < 4.78 is 5.90. The van der Waals surface area contributed by atoms with Gasteiger partial charge in [0.05, 0.1) is 0 Å². The van der Waals surface area contributed by atoms with Gasteiger partial charge in [-0.2, -0.15) is 0 Å².